The molecule has 1 heterocycles. The van der Waals surface area contributed by atoms with Crippen molar-refractivity contribution in [2.24, 2.45) is 5.73 Å². The van der Waals surface area contributed by atoms with Crippen molar-refractivity contribution in [1.29, 1.82) is 0 Å². The molecule has 2 amide bonds. The number of amides is 2. The summed E-state index contributed by atoms with van der Waals surface area (Å²) < 4.78 is 10.1. The maximum atomic E-state index is 11.5. The highest BCUT2D eigenvalue weighted by Crippen LogP contribution is 2.05. The van der Waals surface area contributed by atoms with Crippen molar-refractivity contribution in [3.05, 3.63) is 0 Å². The highest BCUT2D eigenvalue weighted by molar-refractivity contribution is 5.78. The number of primary amides is 1. The molecule has 0 radical (unpaired) electrons. The quantitative estimate of drug-likeness (QED) is 0.454. The molecule has 0 aromatic rings. The number of carbonyl (C=O) groups is 2. The molecule has 0 aromatic carbocycles. The molecule has 1 aliphatic heterocycles. The number of nitrogens with one attached hydrogen (secondary N) is 2. The van der Waals surface area contributed by atoms with E-state index < -0.39 is 5.91 Å². The second kappa shape index (κ2) is 8.84. The van der Waals surface area contributed by atoms with Crippen LogP contribution in [0.3, 0.4) is 0 Å². The molecule has 0 aliphatic carbocycles. The molecule has 0 atom stereocenters. The van der Waals surface area contributed by atoms with E-state index in [1.165, 1.54) is 0 Å². The molecule has 18 heavy (non-hydrogen) atoms. The summed E-state index contributed by atoms with van der Waals surface area (Å²) in [4.78, 5) is 21.9. The van der Waals surface area contributed by atoms with E-state index >= 15 is 0 Å². The lowest BCUT2D eigenvalue weighted by Crippen LogP contribution is -2.43. The molecule has 1 aliphatic rings. The summed E-state index contributed by atoms with van der Waals surface area (Å²) in [5.41, 5.74) is 4.90. The summed E-state index contributed by atoms with van der Waals surface area (Å²) in [7, 11) is 0. The zero-order valence-corrected chi connectivity index (χ0v) is 10.4. The predicted octanol–water partition coefficient (Wildman–Crippen LogP) is -1.63. The largest absolute Gasteiger partial charge is 0.381 e. The Labute approximate surface area is 106 Å². The molecular formula is C11H21N3O4. The van der Waals surface area contributed by atoms with Crippen LogP contribution in [0.4, 0.5) is 0 Å². The lowest BCUT2D eigenvalue weighted by Gasteiger charge is -2.23. The second-order valence-electron chi connectivity index (χ2n) is 4.15. The molecule has 4 N–H and O–H groups in total. The lowest BCUT2D eigenvalue weighted by molar-refractivity contribution is -0.123. The van der Waals surface area contributed by atoms with Gasteiger partial charge >= 0.3 is 0 Å². The van der Waals surface area contributed by atoms with Crippen LogP contribution in [-0.4, -0.2) is 57.4 Å². The average Bonchev–Trinajstić information content (AvgIpc) is 2.34. The average molecular weight is 259 g/mol. The smallest absolute Gasteiger partial charge is 0.243 e. The molecule has 0 bridgehead atoms. The topological polar surface area (TPSA) is 103 Å². The third-order valence-corrected chi connectivity index (χ3v) is 2.54. The minimum Gasteiger partial charge on any atom is -0.381 e. The van der Waals surface area contributed by atoms with Crippen LogP contribution in [-0.2, 0) is 19.1 Å². The van der Waals surface area contributed by atoms with Gasteiger partial charge in [-0.3, -0.25) is 9.59 Å². The molecule has 0 aromatic heterocycles. The highest BCUT2D eigenvalue weighted by atomic mass is 16.5. The van der Waals surface area contributed by atoms with Crippen LogP contribution in [0.2, 0.25) is 0 Å². The van der Waals surface area contributed by atoms with Crippen LogP contribution >= 0.6 is 0 Å². The Morgan fingerprint density at radius 1 is 1.33 bits per heavy atom. The van der Waals surface area contributed by atoms with E-state index in [4.69, 9.17) is 15.2 Å². The Morgan fingerprint density at radius 3 is 2.72 bits per heavy atom. The van der Waals surface area contributed by atoms with Gasteiger partial charge in [-0.05, 0) is 12.8 Å². The van der Waals surface area contributed by atoms with Gasteiger partial charge in [0.2, 0.25) is 11.8 Å². The van der Waals surface area contributed by atoms with Crippen molar-refractivity contribution < 1.29 is 19.1 Å². The van der Waals surface area contributed by atoms with E-state index in [2.05, 4.69) is 10.6 Å². The minimum atomic E-state index is -0.493. The first-order chi connectivity index (χ1) is 8.68. The fourth-order valence-corrected chi connectivity index (χ4v) is 1.64. The van der Waals surface area contributed by atoms with Gasteiger partial charge in [0.1, 0.15) is 6.61 Å². The number of carbonyl (C=O) groups excluding carboxylic acids is 2. The van der Waals surface area contributed by atoms with Crippen LogP contribution in [0.5, 0.6) is 0 Å². The summed E-state index contributed by atoms with van der Waals surface area (Å²) in [5.74, 6) is -0.524. The fourth-order valence-electron chi connectivity index (χ4n) is 1.64. The Balaban J connectivity index is 1.94. The number of rotatable bonds is 8. The SMILES string of the molecule is NC(=O)COCCNCC(=O)NC1CCOCC1. The van der Waals surface area contributed by atoms with Gasteiger partial charge in [0.25, 0.3) is 0 Å². The molecule has 104 valence electrons. The number of hydrogen-bond acceptors (Lipinski definition) is 5. The first-order valence-corrected chi connectivity index (χ1v) is 6.12. The lowest BCUT2D eigenvalue weighted by atomic mass is 10.1. The van der Waals surface area contributed by atoms with Gasteiger partial charge in [0.15, 0.2) is 0 Å². The number of ether oxygens (including phenoxy) is 2. The zero-order valence-electron chi connectivity index (χ0n) is 10.4. The Kier molecular flexibility index (Phi) is 7.31. The number of hydrogen-bond donors (Lipinski definition) is 3. The van der Waals surface area contributed by atoms with E-state index in [-0.39, 0.29) is 25.1 Å². The summed E-state index contributed by atoms with van der Waals surface area (Å²) in [6, 6.07) is 0.221. The van der Waals surface area contributed by atoms with Crippen molar-refractivity contribution in [3.63, 3.8) is 0 Å². The van der Waals surface area contributed by atoms with E-state index in [1.54, 1.807) is 0 Å². The monoisotopic (exact) mass is 259 g/mol. The maximum Gasteiger partial charge on any atom is 0.243 e. The molecule has 0 unspecified atom stereocenters. The molecule has 1 fully saturated rings. The van der Waals surface area contributed by atoms with E-state index in [0.717, 1.165) is 12.8 Å². The Bertz CT molecular complexity index is 267. The fraction of sp³-hybridized carbons (Fsp3) is 0.818. The molecule has 0 saturated carbocycles. The predicted molar refractivity (Wildman–Crippen MR) is 64.9 cm³/mol. The van der Waals surface area contributed by atoms with Crippen molar-refractivity contribution in [1.82, 2.24) is 10.6 Å². The summed E-state index contributed by atoms with van der Waals surface area (Å²) in [6.45, 7) is 2.44. The van der Waals surface area contributed by atoms with E-state index in [0.29, 0.717) is 26.4 Å². The normalized spacial score (nSPS) is 16.4. The third-order valence-electron chi connectivity index (χ3n) is 2.54. The number of nitrogens with two attached hydrogens (primary N) is 1. The standard InChI is InChI=1S/C11H21N3O4/c12-10(15)8-18-6-3-13-7-11(16)14-9-1-4-17-5-2-9/h9,13H,1-8H2,(H2,12,15)(H,14,16). The van der Waals surface area contributed by atoms with Gasteiger partial charge in [-0.2, -0.15) is 0 Å². The van der Waals surface area contributed by atoms with Gasteiger partial charge in [-0.15, -0.1) is 0 Å². The summed E-state index contributed by atoms with van der Waals surface area (Å²) >= 11 is 0. The van der Waals surface area contributed by atoms with Crippen LogP contribution in [0, 0.1) is 0 Å². The van der Waals surface area contributed by atoms with Crippen LogP contribution in [0.25, 0.3) is 0 Å². The van der Waals surface area contributed by atoms with Crippen molar-refractivity contribution in [2.45, 2.75) is 18.9 Å². The van der Waals surface area contributed by atoms with Gasteiger partial charge in [-0.1, -0.05) is 0 Å². The third kappa shape index (κ3) is 7.21. The highest BCUT2D eigenvalue weighted by Gasteiger charge is 2.15. The second-order valence-corrected chi connectivity index (χ2v) is 4.15. The first kappa shape index (κ1) is 14.9. The minimum absolute atomic E-state index is 0.0307. The summed E-state index contributed by atoms with van der Waals surface area (Å²) in [5, 5.41) is 5.86. The molecule has 1 saturated heterocycles. The Morgan fingerprint density at radius 2 is 2.06 bits per heavy atom. The van der Waals surface area contributed by atoms with Crippen molar-refractivity contribution in [3.8, 4) is 0 Å². The van der Waals surface area contributed by atoms with Gasteiger partial charge < -0.3 is 25.8 Å². The van der Waals surface area contributed by atoms with Crippen LogP contribution in [0.1, 0.15) is 12.8 Å². The Hall–Kier alpha value is -1.18. The molecule has 7 nitrogen and oxygen atoms in total. The van der Waals surface area contributed by atoms with Gasteiger partial charge in [0.05, 0.1) is 13.2 Å². The van der Waals surface area contributed by atoms with Crippen LogP contribution < -0.4 is 16.4 Å². The summed E-state index contributed by atoms with van der Waals surface area (Å²) in [6.07, 6.45) is 1.74. The molecular weight excluding hydrogens is 238 g/mol. The van der Waals surface area contributed by atoms with Crippen molar-refractivity contribution in [2.75, 3.05) is 39.5 Å². The molecule has 7 heteroatoms. The van der Waals surface area contributed by atoms with E-state index in [9.17, 15) is 9.59 Å². The maximum absolute atomic E-state index is 11.5. The first-order valence-electron chi connectivity index (χ1n) is 6.12. The van der Waals surface area contributed by atoms with E-state index in [1.807, 2.05) is 0 Å². The molecule has 0 spiro atoms. The molecule has 1 rings (SSSR count). The van der Waals surface area contributed by atoms with Crippen LogP contribution in [0.15, 0.2) is 0 Å². The van der Waals surface area contributed by atoms with Gasteiger partial charge in [0, 0.05) is 25.8 Å². The van der Waals surface area contributed by atoms with Gasteiger partial charge in [-0.25, -0.2) is 0 Å². The zero-order chi connectivity index (χ0) is 13.2. The van der Waals surface area contributed by atoms with Crippen molar-refractivity contribution >= 4 is 11.8 Å².